The molecule has 0 fully saturated rings. The lowest BCUT2D eigenvalue weighted by atomic mass is 10.1. The van der Waals surface area contributed by atoms with Gasteiger partial charge >= 0.3 is 0 Å². The number of hydrogen-bond donors (Lipinski definition) is 2. The smallest absolute Gasteiger partial charge is 0.241 e. The van der Waals surface area contributed by atoms with Crippen LogP contribution in [-0.2, 0) is 16.6 Å². The Hall–Kier alpha value is -0.430. The molecule has 0 saturated carbocycles. The van der Waals surface area contributed by atoms with Gasteiger partial charge in [-0.25, -0.2) is 13.1 Å². The zero-order valence-corrected chi connectivity index (χ0v) is 14.6. The Kier molecular flexibility index (Phi) is 6.64. The van der Waals surface area contributed by atoms with Crippen molar-refractivity contribution in [3.63, 3.8) is 0 Å². The fourth-order valence-corrected chi connectivity index (χ4v) is 4.39. The Morgan fingerprint density at radius 3 is 2.50 bits per heavy atom. The summed E-state index contributed by atoms with van der Waals surface area (Å²) in [5.41, 5.74) is 7.13. The van der Waals surface area contributed by atoms with E-state index in [1.165, 1.54) is 0 Å². The third-order valence-corrected chi connectivity index (χ3v) is 5.80. The van der Waals surface area contributed by atoms with Gasteiger partial charge < -0.3 is 5.73 Å². The first-order valence-corrected chi connectivity index (χ1v) is 9.14. The summed E-state index contributed by atoms with van der Waals surface area (Å²) in [6, 6.07) is 3.49. The average Bonchev–Trinajstić information content (AvgIpc) is 2.40. The summed E-state index contributed by atoms with van der Waals surface area (Å²) in [4.78, 5) is 0.307. The van der Waals surface area contributed by atoms with Gasteiger partial charge in [0.2, 0.25) is 10.0 Å². The Morgan fingerprint density at radius 1 is 1.35 bits per heavy atom. The highest BCUT2D eigenvalue weighted by Crippen LogP contribution is 2.26. The maximum atomic E-state index is 12.5. The van der Waals surface area contributed by atoms with Gasteiger partial charge in [-0.1, -0.05) is 36.2 Å². The minimum absolute atomic E-state index is 0.0234. The van der Waals surface area contributed by atoms with Crippen molar-refractivity contribution >= 4 is 26.0 Å². The molecule has 0 amide bonds. The molecule has 0 aliphatic rings. The van der Waals surface area contributed by atoms with Crippen LogP contribution in [0.2, 0.25) is 0 Å². The second-order valence-corrected chi connectivity index (χ2v) is 7.46. The number of nitrogens with two attached hydrogens (primary N) is 1. The molecular formula is C14H23BrN2O2S. The van der Waals surface area contributed by atoms with E-state index < -0.39 is 10.0 Å². The lowest BCUT2D eigenvalue weighted by molar-refractivity contribution is 0.512. The van der Waals surface area contributed by atoms with E-state index in [-0.39, 0.29) is 6.04 Å². The molecule has 0 radical (unpaired) electrons. The molecule has 3 N–H and O–H groups in total. The molecule has 0 spiro atoms. The third-order valence-electron chi connectivity index (χ3n) is 3.33. The predicted octanol–water partition coefficient (Wildman–Crippen LogP) is 3.07. The summed E-state index contributed by atoms with van der Waals surface area (Å²) in [5, 5.41) is 0. The maximum Gasteiger partial charge on any atom is 0.241 e. The van der Waals surface area contributed by atoms with E-state index in [0.717, 1.165) is 29.3 Å². The van der Waals surface area contributed by atoms with E-state index in [1.54, 1.807) is 13.0 Å². The van der Waals surface area contributed by atoms with E-state index in [1.807, 2.05) is 19.9 Å². The summed E-state index contributed by atoms with van der Waals surface area (Å²) in [5.74, 6) is 0. The monoisotopic (exact) mass is 362 g/mol. The molecule has 1 aromatic carbocycles. The molecular weight excluding hydrogens is 340 g/mol. The van der Waals surface area contributed by atoms with E-state index in [9.17, 15) is 8.42 Å². The van der Waals surface area contributed by atoms with Crippen LogP contribution in [0.3, 0.4) is 0 Å². The van der Waals surface area contributed by atoms with Crippen LogP contribution >= 0.6 is 15.9 Å². The second-order valence-electron chi connectivity index (χ2n) is 4.92. The number of rotatable bonds is 7. The standard InChI is InChI=1S/C14H23BrN2O2S/c1-4-6-12(5-2)17-20(18,19)14-8-11(9-16)7-13(15)10(14)3/h7-8,12,17H,4-6,9,16H2,1-3H3. The molecule has 6 heteroatoms. The zero-order chi connectivity index (χ0) is 15.3. The largest absolute Gasteiger partial charge is 0.326 e. The highest BCUT2D eigenvalue weighted by molar-refractivity contribution is 9.10. The van der Waals surface area contributed by atoms with E-state index in [2.05, 4.69) is 20.7 Å². The van der Waals surface area contributed by atoms with Gasteiger partial charge in [0.25, 0.3) is 0 Å². The molecule has 0 bridgehead atoms. The van der Waals surface area contributed by atoms with Gasteiger partial charge in [-0.15, -0.1) is 0 Å². The lowest BCUT2D eigenvalue weighted by Gasteiger charge is -2.18. The van der Waals surface area contributed by atoms with Gasteiger partial charge in [-0.3, -0.25) is 0 Å². The van der Waals surface area contributed by atoms with Crippen molar-refractivity contribution in [2.75, 3.05) is 0 Å². The molecule has 1 aromatic rings. The minimum atomic E-state index is -3.52. The van der Waals surface area contributed by atoms with Gasteiger partial charge in [0, 0.05) is 17.1 Å². The quantitative estimate of drug-likeness (QED) is 0.782. The Balaban J connectivity index is 3.18. The van der Waals surface area contributed by atoms with Crippen molar-refractivity contribution < 1.29 is 8.42 Å². The van der Waals surface area contributed by atoms with Crippen molar-refractivity contribution in [1.29, 1.82) is 0 Å². The van der Waals surface area contributed by atoms with E-state index in [4.69, 9.17) is 5.73 Å². The highest BCUT2D eigenvalue weighted by Gasteiger charge is 2.22. The van der Waals surface area contributed by atoms with Gasteiger partial charge in [0.15, 0.2) is 0 Å². The molecule has 0 saturated heterocycles. The van der Waals surface area contributed by atoms with Crippen LogP contribution in [0.15, 0.2) is 21.5 Å². The average molecular weight is 363 g/mol. The molecule has 1 rings (SSSR count). The van der Waals surface area contributed by atoms with Gasteiger partial charge in [0.1, 0.15) is 0 Å². The van der Waals surface area contributed by atoms with Gasteiger partial charge in [-0.05, 0) is 43.0 Å². The molecule has 114 valence electrons. The first-order chi connectivity index (χ1) is 9.35. The van der Waals surface area contributed by atoms with Crippen molar-refractivity contribution in [1.82, 2.24) is 4.72 Å². The SMILES string of the molecule is CCCC(CC)NS(=O)(=O)c1cc(CN)cc(Br)c1C. The molecule has 4 nitrogen and oxygen atoms in total. The number of nitrogens with one attached hydrogen (secondary N) is 1. The normalized spacial score (nSPS) is 13.4. The van der Waals surface area contributed by atoms with Crippen molar-refractivity contribution in [2.24, 2.45) is 5.73 Å². The van der Waals surface area contributed by atoms with Gasteiger partial charge in [-0.2, -0.15) is 0 Å². The molecule has 0 aliphatic heterocycles. The predicted molar refractivity (Wildman–Crippen MR) is 86.1 cm³/mol. The molecule has 0 aromatic heterocycles. The molecule has 20 heavy (non-hydrogen) atoms. The summed E-state index contributed by atoms with van der Waals surface area (Å²) in [6.45, 7) is 6.14. The summed E-state index contributed by atoms with van der Waals surface area (Å²) in [7, 11) is -3.52. The fourth-order valence-electron chi connectivity index (χ4n) is 2.08. The Bertz CT molecular complexity index is 559. The Labute approximate surface area is 130 Å². The second kappa shape index (κ2) is 7.54. The number of benzene rings is 1. The zero-order valence-electron chi connectivity index (χ0n) is 12.2. The van der Waals surface area contributed by atoms with Crippen LogP contribution in [0.4, 0.5) is 0 Å². The topological polar surface area (TPSA) is 72.2 Å². The van der Waals surface area contributed by atoms with Crippen molar-refractivity contribution in [2.45, 2.75) is 57.5 Å². The minimum Gasteiger partial charge on any atom is -0.326 e. The Morgan fingerprint density at radius 2 is 2.00 bits per heavy atom. The summed E-state index contributed by atoms with van der Waals surface area (Å²) in [6.07, 6.45) is 2.57. The lowest BCUT2D eigenvalue weighted by Crippen LogP contribution is -2.34. The first-order valence-electron chi connectivity index (χ1n) is 6.87. The molecule has 1 unspecified atom stereocenters. The number of hydrogen-bond acceptors (Lipinski definition) is 3. The van der Waals surface area contributed by atoms with Crippen molar-refractivity contribution in [3.05, 3.63) is 27.7 Å². The molecule has 0 heterocycles. The van der Waals surface area contributed by atoms with Crippen LogP contribution < -0.4 is 10.5 Å². The van der Waals surface area contributed by atoms with Crippen LogP contribution in [0, 0.1) is 6.92 Å². The van der Waals surface area contributed by atoms with E-state index in [0.29, 0.717) is 17.0 Å². The van der Waals surface area contributed by atoms with Crippen LogP contribution in [0.5, 0.6) is 0 Å². The maximum absolute atomic E-state index is 12.5. The highest BCUT2D eigenvalue weighted by atomic mass is 79.9. The van der Waals surface area contributed by atoms with Crippen LogP contribution in [0.1, 0.15) is 44.2 Å². The third kappa shape index (κ3) is 4.28. The molecule has 1 atom stereocenters. The van der Waals surface area contributed by atoms with E-state index >= 15 is 0 Å². The van der Waals surface area contributed by atoms with Crippen LogP contribution in [0.25, 0.3) is 0 Å². The molecule has 0 aliphatic carbocycles. The van der Waals surface area contributed by atoms with Crippen molar-refractivity contribution in [3.8, 4) is 0 Å². The number of sulfonamides is 1. The summed E-state index contributed by atoms with van der Waals surface area (Å²) < 4.78 is 28.6. The van der Waals surface area contributed by atoms with Gasteiger partial charge in [0.05, 0.1) is 4.90 Å². The first kappa shape index (κ1) is 17.6. The fraction of sp³-hybridized carbons (Fsp3) is 0.571. The summed E-state index contributed by atoms with van der Waals surface area (Å²) >= 11 is 3.40. The van der Waals surface area contributed by atoms with Crippen LogP contribution in [-0.4, -0.2) is 14.5 Å². The number of halogens is 1.